The molecule has 0 amide bonds. The van der Waals surface area contributed by atoms with E-state index in [0.29, 0.717) is 11.1 Å². The first-order valence-electron chi connectivity index (χ1n) is 11.1. The molecule has 0 bridgehead atoms. The topological polar surface area (TPSA) is 107 Å². The summed E-state index contributed by atoms with van der Waals surface area (Å²) in [6, 6.07) is 15.2. The molecule has 1 N–H and O–H groups in total. The number of fused-ring (bicyclic) bond motifs is 2. The molecule has 37 heavy (non-hydrogen) atoms. The minimum Gasteiger partial charge on any atom is -0.330 e. The molecule has 0 atom stereocenters. The van der Waals surface area contributed by atoms with Gasteiger partial charge in [-0.3, -0.25) is 18.4 Å². The van der Waals surface area contributed by atoms with Crippen LogP contribution in [0.15, 0.2) is 78.8 Å². The molecule has 0 aliphatic carbocycles. The highest BCUT2D eigenvalue weighted by Crippen LogP contribution is 2.26. The Balaban J connectivity index is 0.000000182. The molecule has 0 aliphatic heterocycles. The van der Waals surface area contributed by atoms with Crippen LogP contribution in [-0.2, 0) is 0 Å². The number of halogens is 1. The zero-order valence-electron chi connectivity index (χ0n) is 19.8. The Bertz CT molecular complexity index is 1740. The van der Waals surface area contributed by atoms with E-state index in [2.05, 4.69) is 48.1 Å². The maximum atomic E-state index is 11.5. The van der Waals surface area contributed by atoms with Crippen LogP contribution in [0.1, 0.15) is 34.6 Å². The summed E-state index contributed by atoms with van der Waals surface area (Å²) in [7, 11) is 0. The molecule has 0 unspecified atom stereocenters. The van der Waals surface area contributed by atoms with Crippen molar-refractivity contribution in [3.05, 3.63) is 93.7 Å². The summed E-state index contributed by atoms with van der Waals surface area (Å²) >= 11 is 3.64. The molecule has 0 saturated heterocycles. The summed E-state index contributed by atoms with van der Waals surface area (Å²) in [6.45, 7) is 3.11. The van der Waals surface area contributed by atoms with Crippen molar-refractivity contribution in [1.29, 1.82) is 0 Å². The standard InChI is InChI=1S/C17H13N5OS.C9H7IN2O/c1-11(23)12-5-6-22-15(9-18-16(22)8-12)13-3-2-4-14(7-13)20-17-21-19-10-24-17;1-6(13)7-2-3-12-8(10)5-11-9(12)4-7/h2-10H,1H3,(H,20,21);2-5H,1H3. The molecule has 9 nitrogen and oxygen atoms in total. The van der Waals surface area contributed by atoms with Crippen molar-refractivity contribution in [2.75, 3.05) is 5.32 Å². The van der Waals surface area contributed by atoms with Crippen molar-refractivity contribution in [3.8, 4) is 11.3 Å². The lowest BCUT2D eigenvalue weighted by Crippen LogP contribution is -1.95. The molecule has 5 heterocycles. The highest BCUT2D eigenvalue weighted by Gasteiger charge is 2.09. The number of imidazole rings is 2. The lowest BCUT2D eigenvalue weighted by Gasteiger charge is -2.06. The van der Waals surface area contributed by atoms with Crippen LogP contribution in [0.25, 0.3) is 22.6 Å². The zero-order valence-corrected chi connectivity index (χ0v) is 22.8. The van der Waals surface area contributed by atoms with Gasteiger partial charge >= 0.3 is 0 Å². The second-order valence-electron chi connectivity index (χ2n) is 8.07. The number of carbonyl (C=O) groups excluding carboxylic acids is 2. The second kappa shape index (κ2) is 10.6. The van der Waals surface area contributed by atoms with Gasteiger partial charge in [-0.2, -0.15) is 0 Å². The monoisotopic (exact) mass is 621 g/mol. The average molecular weight is 621 g/mol. The third kappa shape index (κ3) is 5.42. The third-order valence-electron chi connectivity index (χ3n) is 5.56. The van der Waals surface area contributed by atoms with Crippen molar-refractivity contribution < 1.29 is 9.59 Å². The van der Waals surface area contributed by atoms with Gasteiger partial charge in [0.15, 0.2) is 11.6 Å². The van der Waals surface area contributed by atoms with Crippen LogP contribution in [0.5, 0.6) is 0 Å². The Morgan fingerprint density at radius 3 is 2.24 bits per heavy atom. The van der Waals surface area contributed by atoms with Gasteiger partial charge in [-0.25, -0.2) is 9.97 Å². The highest BCUT2D eigenvalue weighted by atomic mass is 127. The number of hydrogen-bond donors (Lipinski definition) is 1. The molecule has 6 rings (SSSR count). The second-order valence-corrected chi connectivity index (χ2v) is 10.0. The fraction of sp³-hybridized carbons (Fsp3) is 0.0769. The minimum atomic E-state index is 0.0327. The number of nitrogens with zero attached hydrogens (tertiary/aromatic N) is 6. The van der Waals surface area contributed by atoms with Crippen molar-refractivity contribution in [2.24, 2.45) is 0 Å². The summed E-state index contributed by atoms with van der Waals surface area (Å²) in [5.41, 5.74) is 7.52. The van der Waals surface area contributed by atoms with Crippen molar-refractivity contribution in [2.45, 2.75) is 13.8 Å². The molecule has 0 spiro atoms. The molecule has 6 aromatic rings. The van der Waals surface area contributed by atoms with Gasteiger partial charge in [-0.05, 0) is 72.8 Å². The molecule has 5 aromatic heterocycles. The Morgan fingerprint density at radius 1 is 0.892 bits per heavy atom. The number of aromatic nitrogens is 6. The quantitative estimate of drug-likeness (QED) is 0.188. The Labute approximate surface area is 229 Å². The fourth-order valence-corrected chi connectivity index (χ4v) is 4.70. The third-order valence-corrected chi connectivity index (χ3v) is 6.97. The van der Waals surface area contributed by atoms with Gasteiger partial charge in [0, 0.05) is 34.8 Å². The number of anilines is 2. The minimum absolute atomic E-state index is 0.0327. The Morgan fingerprint density at radius 2 is 1.57 bits per heavy atom. The van der Waals surface area contributed by atoms with Crippen LogP contribution in [0, 0.1) is 3.70 Å². The summed E-state index contributed by atoms with van der Waals surface area (Å²) in [4.78, 5) is 31.1. The SMILES string of the molecule is CC(=O)c1ccn2c(-c3cccc(Nc4nncs4)c3)cnc2c1.CC(=O)c1ccn2c(I)cnc2c1. The molecular formula is C26H20IN7O2S. The number of rotatable bonds is 5. The van der Waals surface area contributed by atoms with Gasteiger partial charge in [-0.1, -0.05) is 23.5 Å². The number of nitrogens with one attached hydrogen (secondary N) is 1. The molecule has 1 aromatic carbocycles. The predicted octanol–water partition coefficient (Wildman–Crippen LogP) is 5.94. The van der Waals surface area contributed by atoms with Gasteiger partial charge in [0.1, 0.15) is 20.5 Å². The molecule has 0 aliphatic rings. The van der Waals surface area contributed by atoms with Crippen LogP contribution >= 0.6 is 33.9 Å². The lowest BCUT2D eigenvalue weighted by molar-refractivity contribution is 0.100. The maximum Gasteiger partial charge on any atom is 0.209 e. The molecule has 184 valence electrons. The number of benzene rings is 1. The first-order chi connectivity index (χ1) is 17.9. The van der Waals surface area contributed by atoms with E-state index < -0.39 is 0 Å². The summed E-state index contributed by atoms with van der Waals surface area (Å²) in [6.07, 6.45) is 7.32. The number of carbonyl (C=O) groups is 2. The van der Waals surface area contributed by atoms with Gasteiger partial charge in [0.25, 0.3) is 0 Å². The highest BCUT2D eigenvalue weighted by molar-refractivity contribution is 14.1. The predicted molar refractivity (Wildman–Crippen MR) is 152 cm³/mol. The first kappa shape index (κ1) is 24.7. The van der Waals surface area contributed by atoms with Gasteiger partial charge in [0.05, 0.1) is 18.1 Å². The maximum absolute atomic E-state index is 11.5. The molecular weight excluding hydrogens is 601 g/mol. The van der Waals surface area contributed by atoms with Crippen molar-refractivity contribution in [3.63, 3.8) is 0 Å². The van der Waals surface area contributed by atoms with E-state index >= 15 is 0 Å². The van der Waals surface area contributed by atoms with Gasteiger partial charge in [0.2, 0.25) is 5.13 Å². The number of Topliss-reactive ketones (excluding diaryl/α,β-unsaturated/α-hetero) is 2. The van der Waals surface area contributed by atoms with E-state index in [1.807, 2.05) is 57.7 Å². The molecule has 0 radical (unpaired) electrons. The van der Waals surface area contributed by atoms with E-state index in [0.717, 1.165) is 37.1 Å². The first-order valence-corrected chi connectivity index (χ1v) is 13.1. The van der Waals surface area contributed by atoms with Crippen LogP contribution in [-0.4, -0.2) is 40.5 Å². The molecule has 0 saturated carbocycles. The summed E-state index contributed by atoms with van der Waals surface area (Å²) in [5.74, 6) is 0.103. The number of hydrogen-bond acceptors (Lipinski definition) is 8. The Kier molecular flexibility index (Phi) is 7.06. The van der Waals surface area contributed by atoms with Crippen LogP contribution in [0.2, 0.25) is 0 Å². The summed E-state index contributed by atoms with van der Waals surface area (Å²) < 4.78 is 4.95. The fourth-order valence-electron chi connectivity index (χ4n) is 3.69. The normalized spacial score (nSPS) is 10.8. The van der Waals surface area contributed by atoms with Crippen LogP contribution < -0.4 is 5.32 Å². The number of ketones is 2. The van der Waals surface area contributed by atoms with Crippen LogP contribution in [0.4, 0.5) is 10.8 Å². The van der Waals surface area contributed by atoms with Crippen LogP contribution in [0.3, 0.4) is 0 Å². The van der Waals surface area contributed by atoms with E-state index in [9.17, 15) is 9.59 Å². The lowest BCUT2D eigenvalue weighted by atomic mass is 10.1. The zero-order chi connectivity index (χ0) is 25.9. The summed E-state index contributed by atoms with van der Waals surface area (Å²) in [5, 5.41) is 11.8. The Hall–Kier alpha value is -3.97. The van der Waals surface area contributed by atoms with E-state index in [-0.39, 0.29) is 11.6 Å². The number of pyridine rings is 2. The molecule has 0 fully saturated rings. The van der Waals surface area contributed by atoms with Crippen molar-refractivity contribution in [1.82, 2.24) is 29.0 Å². The van der Waals surface area contributed by atoms with Gasteiger partial charge in [-0.15, -0.1) is 10.2 Å². The van der Waals surface area contributed by atoms with E-state index in [1.54, 1.807) is 43.8 Å². The average Bonchev–Trinajstić information content (AvgIpc) is 3.64. The van der Waals surface area contributed by atoms with Gasteiger partial charge < -0.3 is 5.32 Å². The van der Waals surface area contributed by atoms with Crippen molar-refractivity contribution >= 4 is 67.6 Å². The van der Waals surface area contributed by atoms with E-state index in [4.69, 9.17) is 0 Å². The largest absolute Gasteiger partial charge is 0.330 e. The molecule has 11 heteroatoms. The smallest absolute Gasteiger partial charge is 0.209 e. The van der Waals surface area contributed by atoms with E-state index in [1.165, 1.54) is 11.3 Å².